The van der Waals surface area contributed by atoms with Crippen LogP contribution in [0.5, 0.6) is 0 Å². The molecule has 2 rings (SSSR count). The Morgan fingerprint density at radius 3 is 1.79 bits per heavy atom. The molecule has 3 nitrogen and oxygen atoms in total. The van der Waals surface area contributed by atoms with Crippen LogP contribution < -0.4 is 10.6 Å². The summed E-state index contributed by atoms with van der Waals surface area (Å²) in [5.41, 5.74) is 10.5. The van der Waals surface area contributed by atoms with Crippen molar-refractivity contribution in [3.8, 4) is 11.1 Å². The molecule has 0 aliphatic carbocycles. The number of anilines is 1. The van der Waals surface area contributed by atoms with Crippen molar-refractivity contribution in [2.45, 2.75) is 74.4 Å². The van der Waals surface area contributed by atoms with Gasteiger partial charge in [0.25, 0.3) is 0 Å². The van der Waals surface area contributed by atoms with Crippen LogP contribution in [0.2, 0.25) is 0 Å². The van der Waals surface area contributed by atoms with Crippen molar-refractivity contribution >= 4 is 17.7 Å². The lowest BCUT2D eigenvalue weighted by Gasteiger charge is -2.20. The molecular weight excluding hydrogens is 356 g/mol. The molecule has 0 heterocycles. The van der Waals surface area contributed by atoms with Gasteiger partial charge in [0.1, 0.15) is 0 Å². The third-order valence-corrected chi connectivity index (χ3v) is 5.45. The summed E-state index contributed by atoms with van der Waals surface area (Å²) in [5.74, 6) is -0.00794. The Balaban J connectivity index is 2.50. The molecule has 0 aliphatic rings. The van der Waals surface area contributed by atoms with Gasteiger partial charge in [-0.1, -0.05) is 12.1 Å². The smallest absolute Gasteiger partial charge is 0.247 e. The number of rotatable bonds is 6. The molecule has 0 aliphatic heterocycles. The first-order chi connectivity index (χ1) is 13.5. The SMILES string of the molecule is CC(=Cc1c(C)c(C)c(-c2ccc(NC(C)C)cc2)c(C)c1C)C(=O)NC(C)C. The van der Waals surface area contributed by atoms with Crippen molar-refractivity contribution in [2.24, 2.45) is 0 Å². The lowest BCUT2D eigenvalue weighted by Crippen LogP contribution is -2.30. The van der Waals surface area contributed by atoms with Crippen LogP contribution in [0.15, 0.2) is 29.8 Å². The fourth-order valence-corrected chi connectivity index (χ4v) is 3.72. The van der Waals surface area contributed by atoms with Crippen LogP contribution in [-0.4, -0.2) is 18.0 Å². The molecule has 0 unspecified atom stereocenters. The second kappa shape index (κ2) is 9.30. The Bertz CT molecular complexity index is 890. The fourth-order valence-electron chi connectivity index (χ4n) is 3.72. The van der Waals surface area contributed by atoms with E-state index >= 15 is 0 Å². The monoisotopic (exact) mass is 392 g/mol. The molecule has 0 atom stereocenters. The van der Waals surface area contributed by atoms with Crippen molar-refractivity contribution in [3.05, 3.63) is 57.7 Å². The molecule has 0 saturated carbocycles. The summed E-state index contributed by atoms with van der Waals surface area (Å²) in [7, 11) is 0. The van der Waals surface area contributed by atoms with Crippen LogP contribution in [0.3, 0.4) is 0 Å². The number of carbonyl (C=O) groups excluding carboxylic acids is 1. The van der Waals surface area contributed by atoms with E-state index in [1.807, 2.05) is 26.8 Å². The molecule has 2 aromatic carbocycles. The van der Waals surface area contributed by atoms with Crippen LogP contribution in [0.25, 0.3) is 17.2 Å². The van der Waals surface area contributed by atoms with Gasteiger partial charge in [0, 0.05) is 23.3 Å². The summed E-state index contributed by atoms with van der Waals surface area (Å²) in [5, 5.41) is 6.42. The first kappa shape index (κ1) is 22.7. The van der Waals surface area contributed by atoms with Gasteiger partial charge in [-0.2, -0.15) is 0 Å². The molecule has 0 radical (unpaired) electrons. The zero-order chi connectivity index (χ0) is 21.9. The fraction of sp³-hybridized carbons (Fsp3) is 0.423. The van der Waals surface area contributed by atoms with Crippen LogP contribution in [-0.2, 0) is 4.79 Å². The highest BCUT2D eigenvalue weighted by Crippen LogP contribution is 2.35. The summed E-state index contributed by atoms with van der Waals surface area (Å²) in [6, 6.07) is 9.22. The number of amides is 1. The molecule has 2 N–H and O–H groups in total. The molecule has 2 aromatic rings. The molecule has 3 heteroatoms. The van der Waals surface area contributed by atoms with Crippen LogP contribution >= 0.6 is 0 Å². The van der Waals surface area contributed by atoms with Gasteiger partial charge in [-0.15, -0.1) is 0 Å². The van der Waals surface area contributed by atoms with Crippen LogP contribution in [0.1, 0.15) is 62.4 Å². The number of benzene rings is 2. The van der Waals surface area contributed by atoms with Gasteiger partial charge in [-0.3, -0.25) is 4.79 Å². The maximum absolute atomic E-state index is 12.4. The lowest BCUT2D eigenvalue weighted by molar-refractivity contribution is -0.117. The van der Waals surface area contributed by atoms with Gasteiger partial charge in [0.2, 0.25) is 5.91 Å². The average Bonchev–Trinajstić information content (AvgIpc) is 2.64. The predicted molar refractivity (Wildman–Crippen MR) is 127 cm³/mol. The molecule has 1 amide bonds. The van der Waals surface area contributed by atoms with E-state index in [-0.39, 0.29) is 11.9 Å². The predicted octanol–water partition coefficient (Wildman–Crippen LogP) is 6.34. The highest BCUT2D eigenvalue weighted by atomic mass is 16.1. The Labute approximate surface area is 176 Å². The van der Waals surface area contributed by atoms with Crippen molar-refractivity contribution in [2.75, 3.05) is 5.32 Å². The molecule has 156 valence electrons. The van der Waals surface area contributed by atoms with Gasteiger partial charge in [-0.05, 0) is 119 Å². The van der Waals surface area contributed by atoms with Crippen molar-refractivity contribution in [1.82, 2.24) is 5.32 Å². The summed E-state index contributed by atoms with van der Waals surface area (Å²) in [6.45, 7) is 18.8. The maximum atomic E-state index is 12.4. The van der Waals surface area contributed by atoms with Gasteiger partial charge in [0.15, 0.2) is 0 Å². The Kier molecular flexibility index (Phi) is 7.29. The number of hydrogen-bond acceptors (Lipinski definition) is 2. The Morgan fingerprint density at radius 1 is 0.828 bits per heavy atom. The summed E-state index contributed by atoms with van der Waals surface area (Å²) in [4.78, 5) is 12.4. The minimum atomic E-state index is -0.00794. The van der Waals surface area contributed by atoms with Crippen molar-refractivity contribution < 1.29 is 4.79 Å². The number of nitrogens with one attached hydrogen (secondary N) is 2. The third-order valence-electron chi connectivity index (χ3n) is 5.45. The molecule has 0 fully saturated rings. The molecule has 0 spiro atoms. The standard InChI is InChI=1S/C26H36N2O/c1-15(2)27-23-12-10-22(11-13-23)25-20(8)18(6)24(19(7)21(25)9)14-17(5)26(29)28-16(3)4/h10-16,27H,1-9H3,(H,28,29). The summed E-state index contributed by atoms with van der Waals surface area (Å²) < 4.78 is 0. The van der Waals surface area contributed by atoms with Gasteiger partial charge in [-0.25, -0.2) is 0 Å². The van der Waals surface area contributed by atoms with Crippen LogP contribution in [0.4, 0.5) is 5.69 Å². The normalized spacial score (nSPS) is 11.9. The molecule has 0 aromatic heterocycles. The van der Waals surface area contributed by atoms with Gasteiger partial charge >= 0.3 is 0 Å². The van der Waals surface area contributed by atoms with Crippen molar-refractivity contribution in [3.63, 3.8) is 0 Å². The highest BCUT2D eigenvalue weighted by Gasteiger charge is 2.16. The van der Waals surface area contributed by atoms with Crippen molar-refractivity contribution in [1.29, 1.82) is 0 Å². The zero-order valence-electron chi connectivity index (χ0n) is 19.4. The maximum Gasteiger partial charge on any atom is 0.247 e. The van der Waals surface area contributed by atoms with E-state index in [4.69, 9.17) is 0 Å². The molecule has 0 bridgehead atoms. The zero-order valence-corrected chi connectivity index (χ0v) is 19.4. The topological polar surface area (TPSA) is 41.1 Å². The van der Waals surface area contributed by atoms with E-state index in [2.05, 4.69) is 76.4 Å². The minimum absolute atomic E-state index is 0.00794. The lowest BCUT2D eigenvalue weighted by atomic mass is 9.85. The first-order valence-corrected chi connectivity index (χ1v) is 10.5. The van der Waals surface area contributed by atoms with E-state index < -0.39 is 0 Å². The Morgan fingerprint density at radius 2 is 1.34 bits per heavy atom. The van der Waals surface area contributed by atoms with Gasteiger partial charge < -0.3 is 10.6 Å². The summed E-state index contributed by atoms with van der Waals surface area (Å²) in [6.07, 6.45) is 2.03. The summed E-state index contributed by atoms with van der Waals surface area (Å²) >= 11 is 0. The average molecular weight is 393 g/mol. The number of carbonyl (C=O) groups is 1. The van der Waals surface area contributed by atoms with Crippen LogP contribution in [0, 0.1) is 27.7 Å². The van der Waals surface area contributed by atoms with E-state index in [0.717, 1.165) is 16.8 Å². The quantitative estimate of drug-likeness (QED) is 0.564. The second-order valence-corrected chi connectivity index (χ2v) is 8.62. The van der Waals surface area contributed by atoms with E-state index in [0.29, 0.717) is 6.04 Å². The van der Waals surface area contributed by atoms with Gasteiger partial charge in [0.05, 0.1) is 0 Å². The second-order valence-electron chi connectivity index (χ2n) is 8.62. The Hall–Kier alpha value is -2.55. The van der Waals surface area contributed by atoms with E-state index in [9.17, 15) is 4.79 Å². The van der Waals surface area contributed by atoms with E-state index in [1.54, 1.807) is 0 Å². The highest BCUT2D eigenvalue weighted by molar-refractivity contribution is 5.98. The molecule has 0 saturated heterocycles. The third kappa shape index (κ3) is 5.29. The number of hydrogen-bond donors (Lipinski definition) is 2. The van der Waals surface area contributed by atoms with E-state index in [1.165, 1.54) is 33.4 Å². The largest absolute Gasteiger partial charge is 0.383 e. The molecule has 29 heavy (non-hydrogen) atoms. The minimum Gasteiger partial charge on any atom is -0.383 e. The first-order valence-electron chi connectivity index (χ1n) is 10.5. The molecular formula is C26H36N2O.